The molecule has 0 aliphatic carbocycles. The van der Waals surface area contributed by atoms with Gasteiger partial charge in [0.25, 0.3) is 0 Å². The number of hydrogen-bond acceptors (Lipinski definition) is 1. The van der Waals surface area contributed by atoms with E-state index in [1.165, 1.54) is 0 Å². The van der Waals surface area contributed by atoms with Gasteiger partial charge in [-0.3, -0.25) is 4.79 Å². The minimum absolute atomic E-state index is 0.139. The van der Waals surface area contributed by atoms with Gasteiger partial charge in [-0.2, -0.15) is 0 Å². The van der Waals surface area contributed by atoms with Crippen molar-refractivity contribution in [3.8, 4) is 0 Å². The van der Waals surface area contributed by atoms with Gasteiger partial charge in [0.05, 0.1) is 0 Å². The summed E-state index contributed by atoms with van der Waals surface area (Å²) in [6.45, 7) is 11.5. The van der Waals surface area contributed by atoms with Crippen LogP contribution in [0.15, 0.2) is 0 Å². The first-order chi connectivity index (χ1) is 5.95. The molecule has 76 valence electrons. The van der Waals surface area contributed by atoms with Gasteiger partial charge in [-0.05, 0) is 18.8 Å². The molecule has 3 unspecified atom stereocenters. The van der Waals surface area contributed by atoms with E-state index in [1.54, 1.807) is 0 Å². The number of carbonyl (C=O) groups is 1. The normalized spacial score (nSPS) is 34.3. The third-order valence-corrected chi connectivity index (χ3v) is 3.41. The van der Waals surface area contributed by atoms with Crippen LogP contribution in [-0.2, 0) is 4.79 Å². The Labute approximate surface area is 81.3 Å². The maximum Gasteiger partial charge on any atom is 0.225 e. The first kappa shape index (κ1) is 10.6. The zero-order valence-corrected chi connectivity index (χ0v) is 9.37. The fraction of sp³-hybridized carbons (Fsp3) is 0.909. The Morgan fingerprint density at radius 2 is 1.85 bits per heavy atom. The summed E-state index contributed by atoms with van der Waals surface area (Å²) in [7, 11) is 0. The lowest BCUT2D eigenvalue weighted by atomic mass is 9.95. The molecule has 0 bridgehead atoms. The minimum atomic E-state index is 0.139. The summed E-state index contributed by atoms with van der Waals surface area (Å²) in [6.07, 6.45) is 0. The second-order valence-electron chi connectivity index (χ2n) is 4.72. The van der Waals surface area contributed by atoms with E-state index in [1.807, 2.05) is 18.7 Å². The van der Waals surface area contributed by atoms with E-state index in [-0.39, 0.29) is 5.92 Å². The molecule has 0 aromatic carbocycles. The second kappa shape index (κ2) is 3.69. The van der Waals surface area contributed by atoms with Crippen LogP contribution in [0.1, 0.15) is 34.6 Å². The van der Waals surface area contributed by atoms with Crippen LogP contribution in [0.25, 0.3) is 0 Å². The smallest absolute Gasteiger partial charge is 0.225 e. The van der Waals surface area contributed by atoms with Crippen LogP contribution in [0.4, 0.5) is 0 Å². The predicted octanol–water partition coefficient (Wildman–Crippen LogP) is 2.15. The lowest BCUT2D eigenvalue weighted by Gasteiger charge is -2.25. The standard InChI is InChI=1S/C11H21NO/c1-7(2)11(13)12-6-8(3)9(4)10(12)5/h7-10H,6H2,1-5H3. The third kappa shape index (κ3) is 1.87. The van der Waals surface area contributed by atoms with Crippen LogP contribution in [0, 0.1) is 17.8 Å². The number of nitrogens with zero attached hydrogens (tertiary/aromatic N) is 1. The Hall–Kier alpha value is -0.530. The number of carbonyl (C=O) groups excluding carboxylic acids is 1. The molecule has 2 heteroatoms. The molecule has 0 radical (unpaired) electrons. The Balaban J connectivity index is 2.68. The molecule has 1 saturated heterocycles. The Morgan fingerprint density at radius 1 is 1.31 bits per heavy atom. The van der Waals surface area contributed by atoms with Gasteiger partial charge < -0.3 is 4.90 Å². The Kier molecular flexibility index (Phi) is 2.99. The molecule has 3 atom stereocenters. The van der Waals surface area contributed by atoms with Crippen molar-refractivity contribution in [2.75, 3.05) is 6.54 Å². The highest BCUT2D eigenvalue weighted by atomic mass is 16.2. The van der Waals surface area contributed by atoms with Gasteiger partial charge in [0.1, 0.15) is 0 Å². The monoisotopic (exact) mass is 183 g/mol. The van der Waals surface area contributed by atoms with Crippen molar-refractivity contribution in [2.24, 2.45) is 17.8 Å². The summed E-state index contributed by atoms with van der Waals surface area (Å²) in [6, 6.07) is 0.421. The number of rotatable bonds is 1. The largest absolute Gasteiger partial charge is 0.339 e. The van der Waals surface area contributed by atoms with Crippen molar-refractivity contribution in [1.29, 1.82) is 0 Å². The van der Waals surface area contributed by atoms with Gasteiger partial charge in [-0.1, -0.05) is 27.7 Å². The second-order valence-corrected chi connectivity index (χ2v) is 4.72. The molecule has 0 saturated carbocycles. The van der Waals surface area contributed by atoms with Crippen molar-refractivity contribution >= 4 is 5.91 Å². The molecule has 1 aliphatic heterocycles. The molecule has 13 heavy (non-hydrogen) atoms. The molecule has 1 rings (SSSR count). The van der Waals surface area contributed by atoms with Gasteiger partial charge in [-0.25, -0.2) is 0 Å². The van der Waals surface area contributed by atoms with Crippen LogP contribution >= 0.6 is 0 Å². The van der Waals surface area contributed by atoms with Crippen LogP contribution in [-0.4, -0.2) is 23.4 Å². The van der Waals surface area contributed by atoms with E-state index >= 15 is 0 Å². The number of amides is 1. The first-order valence-corrected chi connectivity index (χ1v) is 5.25. The summed E-state index contributed by atoms with van der Waals surface area (Å²) < 4.78 is 0. The van der Waals surface area contributed by atoms with Crippen molar-refractivity contribution < 1.29 is 4.79 Å². The predicted molar refractivity (Wildman–Crippen MR) is 54.3 cm³/mol. The average molecular weight is 183 g/mol. The first-order valence-electron chi connectivity index (χ1n) is 5.25. The molecule has 0 N–H and O–H groups in total. The average Bonchev–Trinajstić information content (AvgIpc) is 2.31. The molecule has 0 aromatic heterocycles. The van der Waals surface area contributed by atoms with E-state index in [0.717, 1.165) is 6.54 Å². The van der Waals surface area contributed by atoms with E-state index in [9.17, 15) is 4.79 Å². The molecule has 1 amide bonds. The molecule has 2 nitrogen and oxygen atoms in total. The van der Waals surface area contributed by atoms with Gasteiger partial charge in [0.15, 0.2) is 0 Å². The van der Waals surface area contributed by atoms with Gasteiger partial charge >= 0.3 is 0 Å². The minimum Gasteiger partial charge on any atom is -0.339 e. The summed E-state index contributed by atoms with van der Waals surface area (Å²) in [5.74, 6) is 1.74. The van der Waals surface area contributed by atoms with E-state index in [0.29, 0.717) is 23.8 Å². The molecular formula is C11H21NO. The third-order valence-electron chi connectivity index (χ3n) is 3.41. The van der Waals surface area contributed by atoms with Crippen molar-refractivity contribution in [3.63, 3.8) is 0 Å². The molecule has 1 heterocycles. The summed E-state index contributed by atoms with van der Waals surface area (Å²) >= 11 is 0. The van der Waals surface area contributed by atoms with E-state index < -0.39 is 0 Å². The maximum atomic E-state index is 11.8. The zero-order valence-electron chi connectivity index (χ0n) is 9.37. The van der Waals surface area contributed by atoms with Crippen molar-refractivity contribution in [2.45, 2.75) is 40.7 Å². The van der Waals surface area contributed by atoms with E-state index in [4.69, 9.17) is 0 Å². The topological polar surface area (TPSA) is 20.3 Å². The zero-order chi connectivity index (χ0) is 10.2. The quantitative estimate of drug-likeness (QED) is 0.610. The molecule has 0 spiro atoms. The van der Waals surface area contributed by atoms with Crippen LogP contribution in [0.5, 0.6) is 0 Å². The van der Waals surface area contributed by atoms with Crippen LogP contribution < -0.4 is 0 Å². The molecule has 1 aliphatic rings. The molecular weight excluding hydrogens is 162 g/mol. The summed E-state index contributed by atoms with van der Waals surface area (Å²) in [5, 5.41) is 0. The van der Waals surface area contributed by atoms with Crippen LogP contribution in [0.2, 0.25) is 0 Å². The van der Waals surface area contributed by atoms with Gasteiger partial charge in [0, 0.05) is 18.5 Å². The van der Waals surface area contributed by atoms with Crippen molar-refractivity contribution in [3.05, 3.63) is 0 Å². The molecule has 1 fully saturated rings. The Bertz CT molecular complexity index is 200. The fourth-order valence-corrected chi connectivity index (χ4v) is 2.02. The molecule has 0 aromatic rings. The lowest BCUT2D eigenvalue weighted by Crippen LogP contribution is -2.38. The van der Waals surface area contributed by atoms with Gasteiger partial charge in [-0.15, -0.1) is 0 Å². The van der Waals surface area contributed by atoms with Crippen molar-refractivity contribution in [1.82, 2.24) is 4.90 Å². The summed E-state index contributed by atoms with van der Waals surface area (Å²) in [4.78, 5) is 13.8. The number of hydrogen-bond donors (Lipinski definition) is 0. The highest BCUT2D eigenvalue weighted by Crippen LogP contribution is 2.29. The van der Waals surface area contributed by atoms with E-state index in [2.05, 4.69) is 20.8 Å². The lowest BCUT2D eigenvalue weighted by molar-refractivity contribution is -0.135. The Morgan fingerprint density at radius 3 is 2.15 bits per heavy atom. The summed E-state index contributed by atoms with van der Waals surface area (Å²) in [5.41, 5.74) is 0. The highest BCUT2D eigenvalue weighted by molar-refractivity contribution is 5.78. The SMILES string of the molecule is CC(C)C(=O)N1CC(C)C(C)C1C. The number of likely N-dealkylation sites (tertiary alicyclic amines) is 1. The maximum absolute atomic E-state index is 11.8. The highest BCUT2D eigenvalue weighted by Gasteiger charge is 2.36. The van der Waals surface area contributed by atoms with Crippen LogP contribution in [0.3, 0.4) is 0 Å². The van der Waals surface area contributed by atoms with Gasteiger partial charge in [0.2, 0.25) is 5.91 Å². The fourth-order valence-electron chi connectivity index (χ4n) is 2.02.